The summed E-state index contributed by atoms with van der Waals surface area (Å²) >= 11 is 0. The van der Waals surface area contributed by atoms with Crippen LogP contribution >= 0.6 is 0 Å². The third kappa shape index (κ3) is 6.24. The van der Waals surface area contributed by atoms with Crippen molar-refractivity contribution in [1.29, 1.82) is 0 Å². The van der Waals surface area contributed by atoms with Crippen LogP contribution in [0.1, 0.15) is 47.1 Å². The molecule has 0 spiro atoms. The smallest absolute Gasteiger partial charge is 0.419 e. The highest BCUT2D eigenvalue weighted by Gasteiger charge is 2.27. The average Bonchev–Trinajstić information content (AvgIpc) is 3.52. The van der Waals surface area contributed by atoms with Gasteiger partial charge in [-0.15, -0.1) is 0 Å². The van der Waals surface area contributed by atoms with Crippen LogP contribution in [0.25, 0.3) is 27.8 Å². The first-order valence-corrected chi connectivity index (χ1v) is 13.6. The van der Waals surface area contributed by atoms with Crippen LogP contribution < -0.4 is 4.90 Å². The number of anilines is 1. The fourth-order valence-corrected chi connectivity index (χ4v) is 4.55. The molecule has 1 aromatic carbocycles. The van der Waals surface area contributed by atoms with E-state index < -0.39 is 29.2 Å². The summed E-state index contributed by atoms with van der Waals surface area (Å²) in [7, 11) is 0. The maximum atomic E-state index is 14.0. The number of carbonyl (C=O) groups excluding carboxylic acids is 2. The molecule has 0 radical (unpaired) electrons. The Hall–Kier alpha value is -4.80. The Morgan fingerprint density at radius 3 is 2.43 bits per heavy atom. The van der Waals surface area contributed by atoms with Gasteiger partial charge in [0.25, 0.3) is 0 Å². The summed E-state index contributed by atoms with van der Waals surface area (Å²) < 4.78 is 28.5. The van der Waals surface area contributed by atoms with E-state index in [2.05, 4.69) is 15.1 Å². The number of aromatic nitrogens is 5. The number of nitrogens with zero attached hydrogens (tertiary/aromatic N) is 6. The minimum absolute atomic E-state index is 0.178. The summed E-state index contributed by atoms with van der Waals surface area (Å²) in [5, 5.41) is 5.25. The minimum Gasteiger partial charge on any atom is -0.443 e. The summed E-state index contributed by atoms with van der Waals surface area (Å²) in [5.41, 5.74) is 1.43. The zero-order valence-corrected chi connectivity index (χ0v) is 24.5. The first kappa shape index (κ1) is 28.7. The Morgan fingerprint density at radius 1 is 0.976 bits per heavy atom. The van der Waals surface area contributed by atoms with E-state index in [4.69, 9.17) is 9.47 Å². The zero-order chi connectivity index (χ0) is 30.2. The Labute approximate surface area is 242 Å². The molecule has 10 nitrogen and oxygen atoms in total. The molecule has 4 aromatic heterocycles. The molecular weight excluding hydrogens is 539 g/mol. The second-order valence-electron chi connectivity index (χ2n) is 11.9. The van der Waals surface area contributed by atoms with E-state index in [0.717, 1.165) is 17.1 Å². The van der Waals surface area contributed by atoms with Gasteiger partial charge in [0.05, 0.1) is 23.6 Å². The molecule has 0 N–H and O–H groups in total. The topological polar surface area (TPSA) is 104 Å². The lowest BCUT2D eigenvalue weighted by atomic mass is 10.1. The van der Waals surface area contributed by atoms with Crippen LogP contribution in [0.2, 0.25) is 0 Å². The second-order valence-corrected chi connectivity index (χ2v) is 11.9. The van der Waals surface area contributed by atoms with Gasteiger partial charge < -0.3 is 9.47 Å². The standard InChI is InChI=1S/C31H33FN6O4/c1-30(2,3)41-28(39)36(27-16-24(21-15-22(32)18-33-17-21)35-26-11-13-34-38(26)27)14-12-20-19-37(29(40)42-31(4,5)6)25-10-8-7-9-23(20)25/h7-11,13,15-19H,12,14H2,1-6H3. The molecule has 0 aliphatic heterocycles. The summed E-state index contributed by atoms with van der Waals surface area (Å²) in [4.78, 5) is 36.7. The number of carbonyl (C=O) groups is 2. The first-order chi connectivity index (χ1) is 19.8. The van der Waals surface area contributed by atoms with Crippen molar-refractivity contribution in [2.24, 2.45) is 0 Å². The zero-order valence-electron chi connectivity index (χ0n) is 24.5. The average molecular weight is 573 g/mol. The second kappa shape index (κ2) is 10.9. The molecule has 0 fully saturated rings. The number of pyridine rings is 1. The molecule has 0 aliphatic rings. The number of fused-ring (bicyclic) bond motifs is 2. The van der Waals surface area contributed by atoms with E-state index in [1.807, 2.05) is 45.0 Å². The SMILES string of the molecule is CC(C)(C)OC(=O)N(CCc1cn(C(=O)OC(C)(C)C)c2ccccc12)c1cc(-c2cncc(F)c2)nc2ccnn12. The molecular formula is C31H33FN6O4. The van der Waals surface area contributed by atoms with E-state index in [-0.39, 0.29) is 6.54 Å². The predicted molar refractivity (Wildman–Crippen MR) is 157 cm³/mol. The fraction of sp³-hybridized carbons (Fsp3) is 0.323. The van der Waals surface area contributed by atoms with Crippen molar-refractivity contribution < 1.29 is 23.5 Å². The fourth-order valence-electron chi connectivity index (χ4n) is 4.55. The predicted octanol–water partition coefficient (Wildman–Crippen LogP) is 6.65. The van der Waals surface area contributed by atoms with Crippen molar-refractivity contribution in [1.82, 2.24) is 24.1 Å². The maximum Gasteiger partial charge on any atom is 0.419 e. The monoisotopic (exact) mass is 572 g/mol. The van der Waals surface area contributed by atoms with E-state index >= 15 is 0 Å². The Bertz CT molecular complexity index is 1780. The van der Waals surface area contributed by atoms with Crippen LogP contribution in [-0.2, 0) is 15.9 Å². The molecule has 0 saturated heterocycles. The van der Waals surface area contributed by atoms with Gasteiger partial charge in [0.1, 0.15) is 22.8 Å². The van der Waals surface area contributed by atoms with E-state index in [1.54, 1.807) is 45.3 Å². The number of para-hydroxylation sites is 1. The highest BCUT2D eigenvalue weighted by Crippen LogP contribution is 2.28. The number of amides is 1. The lowest BCUT2D eigenvalue weighted by Gasteiger charge is -2.28. The number of hydrogen-bond acceptors (Lipinski definition) is 7. The van der Waals surface area contributed by atoms with Gasteiger partial charge in [-0.3, -0.25) is 14.5 Å². The van der Waals surface area contributed by atoms with Gasteiger partial charge in [-0.1, -0.05) is 18.2 Å². The summed E-state index contributed by atoms with van der Waals surface area (Å²) in [5.74, 6) is -0.121. The van der Waals surface area contributed by atoms with Gasteiger partial charge in [-0.2, -0.15) is 9.61 Å². The molecule has 4 heterocycles. The van der Waals surface area contributed by atoms with E-state index in [9.17, 15) is 14.0 Å². The summed E-state index contributed by atoms with van der Waals surface area (Å²) in [6.45, 7) is 11.0. The highest BCUT2D eigenvalue weighted by molar-refractivity contribution is 5.92. The molecule has 5 rings (SSSR count). The molecule has 218 valence electrons. The van der Waals surface area contributed by atoms with E-state index in [0.29, 0.717) is 34.7 Å². The van der Waals surface area contributed by atoms with Gasteiger partial charge in [0, 0.05) is 42.0 Å². The van der Waals surface area contributed by atoms with Crippen LogP contribution in [0, 0.1) is 5.82 Å². The molecule has 0 atom stereocenters. The van der Waals surface area contributed by atoms with Crippen LogP contribution in [0.4, 0.5) is 19.8 Å². The molecule has 0 unspecified atom stereocenters. The van der Waals surface area contributed by atoms with Gasteiger partial charge >= 0.3 is 12.2 Å². The Kier molecular flexibility index (Phi) is 7.44. The van der Waals surface area contributed by atoms with Gasteiger partial charge in [-0.25, -0.2) is 19.0 Å². The minimum atomic E-state index is -0.770. The van der Waals surface area contributed by atoms with Crippen molar-refractivity contribution in [3.8, 4) is 11.3 Å². The number of rotatable bonds is 5. The van der Waals surface area contributed by atoms with Crippen molar-refractivity contribution in [2.75, 3.05) is 11.4 Å². The van der Waals surface area contributed by atoms with E-state index in [1.165, 1.54) is 26.2 Å². The van der Waals surface area contributed by atoms with Crippen LogP contribution in [0.5, 0.6) is 0 Å². The maximum absolute atomic E-state index is 14.0. The molecule has 1 amide bonds. The normalized spacial score (nSPS) is 12.1. The largest absolute Gasteiger partial charge is 0.443 e. The highest BCUT2D eigenvalue weighted by atomic mass is 19.1. The van der Waals surface area contributed by atoms with Gasteiger partial charge in [0.15, 0.2) is 5.65 Å². The number of halogens is 1. The Balaban J connectivity index is 1.57. The summed E-state index contributed by atoms with van der Waals surface area (Å²) in [6.07, 6.45) is 5.22. The molecule has 42 heavy (non-hydrogen) atoms. The van der Waals surface area contributed by atoms with Crippen molar-refractivity contribution in [3.63, 3.8) is 0 Å². The lowest BCUT2D eigenvalue weighted by molar-refractivity contribution is 0.0540. The van der Waals surface area contributed by atoms with Crippen LogP contribution in [-0.4, -0.2) is 54.1 Å². The summed E-state index contributed by atoms with van der Waals surface area (Å²) in [6, 6.07) is 12.2. The van der Waals surface area contributed by atoms with Crippen molar-refractivity contribution in [2.45, 2.75) is 59.2 Å². The third-order valence-electron chi connectivity index (χ3n) is 6.22. The van der Waals surface area contributed by atoms with Crippen molar-refractivity contribution in [3.05, 3.63) is 78.6 Å². The number of ether oxygens (including phenoxy) is 2. The molecule has 11 heteroatoms. The molecule has 0 bridgehead atoms. The third-order valence-corrected chi connectivity index (χ3v) is 6.22. The van der Waals surface area contributed by atoms with Crippen LogP contribution in [0.3, 0.4) is 0 Å². The molecule has 0 saturated carbocycles. The van der Waals surface area contributed by atoms with Gasteiger partial charge in [-0.05, 0) is 65.7 Å². The number of hydrogen-bond donors (Lipinski definition) is 0. The number of benzene rings is 1. The molecule has 0 aliphatic carbocycles. The quantitative estimate of drug-likeness (QED) is 0.232. The first-order valence-electron chi connectivity index (χ1n) is 13.6. The molecule has 5 aromatic rings. The Morgan fingerprint density at radius 2 is 1.71 bits per heavy atom. The van der Waals surface area contributed by atoms with Gasteiger partial charge in [0.2, 0.25) is 0 Å². The van der Waals surface area contributed by atoms with Crippen LogP contribution in [0.15, 0.2) is 67.3 Å². The van der Waals surface area contributed by atoms with Crippen molar-refractivity contribution >= 4 is 34.6 Å². The lowest BCUT2D eigenvalue weighted by Crippen LogP contribution is -2.39.